The first-order valence-corrected chi connectivity index (χ1v) is 12.0. The van der Waals surface area contributed by atoms with Crippen LogP contribution in [0.25, 0.3) is 5.65 Å². The van der Waals surface area contributed by atoms with E-state index >= 15 is 0 Å². The Morgan fingerprint density at radius 1 is 1.11 bits per heavy atom. The molecule has 37 heavy (non-hydrogen) atoms. The smallest absolute Gasteiger partial charge is 1.00 e. The SMILES string of the molecule is Cc1c(N(Cc2ccc(OC(F)(F)F)cc2)S(=O)(=O)c2ccc(C(=O)O)cc2)nc2ccc(Cl)cn12.[H-].[Na+]. The third-order valence-electron chi connectivity index (χ3n) is 5.20. The topological polar surface area (TPSA) is 101 Å². The number of benzene rings is 2. The molecule has 190 valence electrons. The molecule has 0 bridgehead atoms. The second-order valence-electron chi connectivity index (χ2n) is 7.63. The summed E-state index contributed by atoms with van der Waals surface area (Å²) in [5.74, 6) is -1.61. The molecule has 0 spiro atoms. The second kappa shape index (κ2) is 10.9. The zero-order chi connectivity index (χ0) is 26.3. The first-order valence-electron chi connectivity index (χ1n) is 10.2. The number of aromatic carboxylic acids is 1. The molecule has 0 amide bonds. The van der Waals surface area contributed by atoms with Gasteiger partial charge in [0.1, 0.15) is 11.4 Å². The molecule has 1 N–H and O–H groups in total. The van der Waals surface area contributed by atoms with E-state index in [1.165, 1.54) is 12.1 Å². The van der Waals surface area contributed by atoms with Gasteiger partial charge in [0.25, 0.3) is 10.0 Å². The normalized spacial score (nSPS) is 11.7. The Hall–Kier alpha value is -2.77. The number of alkyl halides is 3. The Balaban J connectivity index is 0.00000253. The molecule has 14 heteroatoms. The van der Waals surface area contributed by atoms with E-state index < -0.39 is 28.1 Å². The molecule has 0 saturated heterocycles. The van der Waals surface area contributed by atoms with Gasteiger partial charge in [0.05, 0.1) is 27.7 Å². The molecular formula is C23H18ClF3N3NaO5S. The molecule has 0 aliphatic rings. The number of halogens is 4. The van der Waals surface area contributed by atoms with Gasteiger partial charge < -0.3 is 15.7 Å². The average Bonchev–Trinajstić information content (AvgIpc) is 3.12. The molecule has 2 aromatic carbocycles. The van der Waals surface area contributed by atoms with Crippen LogP contribution in [0, 0.1) is 6.92 Å². The maximum Gasteiger partial charge on any atom is 1.00 e. The Bertz CT molecular complexity index is 1550. The van der Waals surface area contributed by atoms with Crippen LogP contribution in [-0.2, 0) is 16.6 Å². The van der Waals surface area contributed by atoms with Gasteiger partial charge in [-0.3, -0.25) is 0 Å². The van der Waals surface area contributed by atoms with Crippen molar-refractivity contribution in [1.82, 2.24) is 9.38 Å². The van der Waals surface area contributed by atoms with E-state index in [1.54, 1.807) is 29.7 Å². The van der Waals surface area contributed by atoms with Crippen LogP contribution in [0.15, 0.2) is 71.8 Å². The maximum absolute atomic E-state index is 13.7. The van der Waals surface area contributed by atoms with Gasteiger partial charge in [0, 0.05) is 6.20 Å². The summed E-state index contributed by atoms with van der Waals surface area (Å²) in [5.41, 5.74) is 1.11. The van der Waals surface area contributed by atoms with Crippen molar-refractivity contribution in [3.05, 3.63) is 88.7 Å². The molecule has 4 aromatic rings. The van der Waals surface area contributed by atoms with E-state index in [-0.39, 0.29) is 53.8 Å². The number of nitrogens with zero attached hydrogens (tertiary/aromatic N) is 3. The van der Waals surface area contributed by atoms with E-state index in [0.29, 0.717) is 21.9 Å². The van der Waals surface area contributed by atoms with Crippen LogP contribution in [0.3, 0.4) is 0 Å². The molecule has 2 heterocycles. The Labute approximate surface area is 238 Å². The summed E-state index contributed by atoms with van der Waals surface area (Å²) in [6.07, 6.45) is -3.30. The summed E-state index contributed by atoms with van der Waals surface area (Å²) in [7, 11) is -4.29. The number of rotatable bonds is 7. The number of hydrogen-bond donors (Lipinski definition) is 1. The van der Waals surface area contributed by atoms with Crippen molar-refractivity contribution >= 4 is 39.1 Å². The number of sulfonamides is 1. The van der Waals surface area contributed by atoms with Crippen molar-refractivity contribution in [3.63, 3.8) is 0 Å². The first-order chi connectivity index (χ1) is 16.8. The molecule has 0 aliphatic heterocycles. The van der Waals surface area contributed by atoms with Gasteiger partial charge in [-0.2, -0.15) is 0 Å². The van der Waals surface area contributed by atoms with Gasteiger partial charge >= 0.3 is 41.9 Å². The number of pyridine rings is 1. The zero-order valence-electron chi connectivity index (χ0n) is 20.4. The molecule has 0 aliphatic carbocycles. The molecule has 4 rings (SSSR count). The van der Waals surface area contributed by atoms with Crippen LogP contribution >= 0.6 is 11.6 Å². The molecule has 2 aromatic heterocycles. The van der Waals surface area contributed by atoms with Crippen LogP contribution in [-0.4, -0.2) is 35.2 Å². The van der Waals surface area contributed by atoms with Crippen LogP contribution < -0.4 is 38.6 Å². The minimum absolute atomic E-state index is 0. The monoisotopic (exact) mass is 563 g/mol. The summed E-state index contributed by atoms with van der Waals surface area (Å²) >= 11 is 6.08. The van der Waals surface area contributed by atoms with Crippen LogP contribution in [0.5, 0.6) is 5.75 Å². The van der Waals surface area contributed by atoms with Crippen molar-refractivity contribution in [1.29, 1.82) is 0 Å². The van der Waals surface area contributed by atoms with Crippen LogP contribution in [0.1, 0.15) is 23.0 Å². The van der Waals surface area contributed by atoms with Gasteiger partial charge in [0.2, 0.25) is 0 Å². The number of imidazole rings is 1. The van der Waals surface area contributed by atoms with Crippen molar-refractivity contribution in [2.24, 2.45) is 0 Å². The molecule has 0 saturated carbocycles. The van der Waals surface area contributed by atoms with Gasteiger partial charge in [0.15, 0.2) is 5.82 Å². The molecule has 0 unspecified atom stereocenters. The largest absolute Gasteiger partial charge is 1.00 e. The molecule has 0 radical (unpaired) electrons. The number of anilines is 1. The predicted molar refractivity (Wildman–Crippen MR) is 126 cm³/mol. The Kier molecular flexibility index (Phi) is 8.50. The summed E-state index contributed by atoms with van der Waals surface area (Å²) in [4.78, 5) is 15.4. The number of carboxylic acids is 1. The van der Waals surface area contributed by atoms with Crippen molar-refractivity contribution in [2.45, 2.75) is 24.7 Å². The van der Waals surface area contributed by atoms with Gasteiger partial charge in [-0.1, -0.05) is 23.7 Å². The van der Waals surface area contributed by atoms with Gasteiger partial charge in [-0.25, -0.2) is 22.5 Å². The third kappa shape index (κ3) is 6.39. The molecule has 8 nitrogen and oxygen atoms in total. The summed E-state index contributed by atoms with van der Waals surface area (Å²) in [5, 5.41) is 9.53. The van der Waals surface area contributed by atoms with Crippen molar-refractivity contribution in [3.8, 4) is 5.75 Å². The fraction of sp³-hybridized carbons (Fsp3) is 0.130. The predicted octanol–water partition coefficient (Wildman–Crippen LogP) is 2.40. The summed E-state index contributed by atoms with van der Waals surface area (Å²) in [6.45, 7) is 1.36. The molecule has 0 atom stereocenters. The quantitative estimate of drug-likeness (QED) is 0.347. The number of carbonyl (C=O) groups is 1. The minimum Gasteiger partial charge on any atom is -1.00 e. The summed E-state index contributed by atoms with van der Waals surface area (Å²) < 4.78 is 71.4. The Morgan fingerprint density at radius 3 is 2.30 bits per heavy atom. The minimum atomic E-state index is -4.87. The van der Waals surface area contributed by atoms with E-state index in [4.69, 9.17) is 16.7 Å². The van der Waals surface area contributed by atoms with E-state index in [2.05, 4.69) is 9.72 Å². The summed E-state index contributed by atoms with van der Waals surface area (Å²) in [6, 6.07) is 12.6. The number of carboxylic acid groups (broad SMARTS) is 1. The van der Waals surface area contributed by atoms with Crippen LogP contribution in [0.4, 0.5) is 19.0 Å². The van der Waals surface area contributed by atoms with Crippen LogP contribution in [0.2, 0.25) is 5.02 Å². The van der Waals surface area contributed by atoms with E-state index in [0.717, 1.165) is 40.7 Å². The number of aromatic nitrogens is 2. The van der Waals surface area contributed by atoms with Gasteiger partial charge in [-0.05, 0) is 61.0 Å². The van der Waals surface area contributed by atoms with E-state index in [9.17, 15) is 26.4 Å². The second-order valence-corrected chi connectivity index (χ2v) is 9.93. The van der Waals surface area contributed by atoms with Gasteiger partial charge in [-0.15, -0.1) is 13.2 Å². The van der Waals surface area contributed by atoms with Crippen molar-refractivity contribution in [2.75, 3.05) is 4.31 Å². The average molecular weight is 564 g/mol. The first kappa shape index (κ1) is 28.8. The molecular weight excluding hydrogens is 546 g/mol. The third-order valence-corrected chi connectivity index (χ3v) is 7.18. The molecule has 0 fully saturated rings. The standard InChI is InChI=1S/C23H17ClF3N3O5S.Na.H/c1-14-21(28-20-11-6-17(24)13-29(14)20)30(12-15-2-7-18(8-3-15)35-23(25,26)27)36(33,34)19-9-4-16(5-10-19)22(31)32;;/h2-11,13H,12H2,1H3,(H,31,32);;/q;+1;-1. The van der Waals surface area contributed by atoms with Crippen molar-refractivity contribution < 1.29 is 67.2 Å². The fourth-order valence-electron chi connectivity index (χ4n) is 3.49. The maximum atomic E-state index is 13.7. The fourth-order valence-corrected chi connectivity index (χ4v) is 5.11. The van der Waals surface area contributed by atoms with E-state index in [1.807, 2.05) is 0 Å². The number of fused-ring (bicyclic) bond motifs is 1. The number of hydrogen-bond acceptors (Lipinski definition) is 5. The number of ether oxygens (including phenoxy) is 1. The number of aryl methyl sites for hydroxylation is 1. The Morgan fingerprint density at radius 2 is 1.73 bits per heavy atom. The zero-order valence-corrected chi connectivity index (χ0v) is 23.0.